The van der Waals surface area contributed by atoms with Crippen LogP contribution in [0.1, 0.15) is 56.1 Å². The van der Waals surface area contributed by atoms with E-state index in [-0.39, 0.29) is 5.41 Å². The Hall–Kier alpha value is -2.04. The fourth-order valence-corrected chi connectivity index (χ4v) is 2.94. The molecule has 0 aliphatic rings. The lowest BCUT2D eigenvalue weighted by atomic mass is 9.86. The first-order valence-electron chi connectivity index (χ1n) is 9.63. The van der Waals surface area contributed by atoms with Gasteiger partial charge in [0.15, 0.2) is 11.5 Å². The molecule has 152 valence electrons. The Morgan fingerprint density at radius 3 is 2.36 bits per heavy atom. The number of carbonyl (C=O) groups is 1. The topological polar surface area (TPSA) is 38.8 Å². The van der Waals surface area contributed by atoms with Crippen LogP contribution in [0.25, 0.3) is 0 Å². The minimum absolute atomic E-state index is 0.0481. The molecule has 0 aromatic heterocycles. The average Bonchev–Trinajstić information content (AvgIpc) is 2.63. The number of aryl methyl sites for hydroxylation is 1. The molecule has 0 heterocycles. The van der Waals surface area contributed by atoms with Gasteiger partial charge in [-0.25, -0.2) is 4.79 Å². The monoisotopic (exact) mass is 403 g/mol. The van der Waals surface area contributed by atoms with Crippen LogP contribution in [0, 0.1) is 6.92 Å². The van der Waals surface area contributed by atoms with Gasteiger partial charge in [-0.1, -0.05) is 58.4 Å². The zero-order valence-corrected chi connectivity index (χ0v) is 18.4. The van der Waals surface area contributed by atoms with Crippen molar-refractivity contribution in [3.8, 4) is 11.5 Å². The van der Waals surface area contributed by atoms with Gasteiger partial charge >= 0.3 is 5.97 Å². The third-order valence-corrected chi connectivity index (χ3v) is 4.89. The Morgan fingerprint density at radius 2 is 1.79 bits per heavy atom. The van der Waals surface area contributed by atoms with Gasteiger partial charge < -0.3 is 9.47 Å². The molecule has 0 bridgehead atoms. The molecule has 0 fully saturated rings. The molecule has 0 aliphatic heterocycles. The number of carbonyl (C=O) groups excluding carboxylic acids is 1. The molecule has 28 heavy (non-hydrogen) atoms. The first kappa shape index (κ1) is 22.3. The molecule has 2 rings (SSSR count). The van der Waals surface area contributed by atoms with Crippen molar-refractivity contribution in [2.45, 2.75) is 47.0 Å². The third kappa shape index (κ3) is 5.73. The van der Waals surface area contributed by atoms with Gasteiger partial charge in [0.2, 0.25) is 0 Å². The number of benzene rings is 2. The van der Waals surface area contributed by atoms with Crippen LogP contribution in [0.15, 0.2) is 36.4 Å². The molecule has 2 aromatic carbocycles. The van der Waals surface area contributed by atoms with Gasteiger partial charge in [0.05, 0.1) is 5.56 Å². The fourth-order valence-electron chi connectivity index (χ4n) is 2.75. The molecule has 0 atom stereocenters. The van der Waals surface area contributed by atoms with Gasteiger partial charge in [0.25, 0.3) is 0 Å². The van der Waals surface area contributed by atoms with Gasteiger partial charge in [-0.2, -0.15) is 0 Å². The summed E-state index contributed by atoms with van der Waals surface area (Å²) in [6, 6.07) is 10.7. The summed E-state index contributed by atoms with van der Waals surface area (Å²) in [5.41, 5.74) is 2.34. The second-order valence-corrected chi connectivity index (χ2v) is 8.28. The normalized spacial score (nSPS) is 11.6. The van der Waals surface area contributed by atoms with Gasteiger partial charge in [-0.05, 0) is 60.8 Å². The van der Waals surface area contributed by atoms with Crippen LogP contribution in [0.3, 0.4) is 0 Å². The minimum Gasteiger partial charge on any atom is -0.474 e. The van der Waals surface area contributed by atoms with E-state index in [1.807, 2.05) is 19.1 Å². The van der Waals surface area contributed by atoms with E-state index in [1.54, 1.807) is 24.3 Å². The Balaban J connectivity index is 2.38. The molecule has 0 saturated heterocycles. The predicted molar refractivity (Wildman–Crippen MR) is 115 cm³/mol. The summed E-state index contributed by atoms with van der Waals surface area (Å²) in [5, 5.41) is 0.493. The summed E-state index contributed by atoms with van der Waals surface area (Å²) in [6.45, 7) is 14.7. The summed E-state index contributed by atoms with van der Waals surface area (Å²) in [5.74, 6) is 0.569. The van der Waals surface area contributed by atoms with Crippen molar-refractivity contribution in [1.82, 2.24) is 4.90 Å². The number of esters is 1. The van der Waals surface area contributed by atoms with Gasteiger partial charge in [0.1, 0.15) is 6.73 Å². The van der Waals surface area contributed by atoms with E-state index in [2.05, 4.69) is 39.5 Å². The molecule has 2 aromatic rings. The number of nitrogens with zero attached hydrogens (tertiary/aromatic N) is 1. The van der Waals surface area contributed by atoms with Crippen LogP contribution in [0.5, 0.6) is 11.5 Å². The first-order chi connectivity index (χ1) is 13.2. The lowest BCUT2D eigenvalue weighted by Crippen LogP contribution is -2.28. The lowest BCUT2D eigenvalue weighted by Gasteiger charge is -2.24. The Kier molecular flexibility index (Phi) is 7.50. The van der Waals surface area contributed by atoms with Crippen molar-refractivity contribution in [2.75, 3.05) is 19.8 Å². The number of ether oxygens (including phenoxy) is 2. The third-order valence-electron chi connectivity index (χ3n) is 4.66. The van der Waals surface area contributed by atoms with Gasteiger partial charge in [-0.3, -0.25) is 4.90 Å². The van der Waals surface area contributed by atoms with E-state index in [4.69, 9.17) is 21.1 Å². The Labute approximate surface area is 173 Å². The summed E-state index contributed by atoms with van der Waals surface area (Å²) >= 11 is 6.00. The van der Waals surface area contributed by atoms with Crippen LogP contribution in [0.4, 0.5) is 0 Å². The molecule has 0 N–H and O–H groups in total. The van der Waals surface area contributed by atoms with E-state index in [0.29, 0.717) is 28.8 Å². The molecular formula is C23H30ClNO3. The van der Waals surface area contributed by atoms with E-state index >= 15 is 0 Å². The summed E-state index contributed by atoms with van der Waals surface area (Å²) in [7, 11) is 0. The fraction of sp³-hybridized carbons (Fsp3) is 0.435. The number of halogens is 1. The number of rotatable bonds is 7. The van der Waals surface area contributed by atoms with Crippen LogP contribution in [-0.2, 0) is 5.41 Å². The van der Waals surface area contributed by atoms with Crippen LogP contribution >= 0.6 is 11.6 Å². The molecule has 0 aliphatic carbocycles. The van der Waals surface area contributed by atoms with Crippen molar-refractivity contribution >= 4 is 17.6 Å². The van der Waals surface area contributed by atoms with Crippen LogP contribution < -0.4 is 9.47 Å². The van der Waals surface area contributed by atoms with E-state index < -0.39 is 5.97 Å². The Morgan fingerprint density at radius 1 is 1.11 bits per heavy atom. The maximum absolute atomic E-state index is 12.7. The lowest BCUT2D eigenvalue weighted by molar-refractivity contribution is 0.0717. The molecule has 0 amide bonds. The molecule has 5 heteroatoms. The molecule has 0 spiro atoms. The Bertz CT molecular complexity index is 823. The molecule has 0 saturated carbocycles. The highest BCUT2D eigenvalue weighted by Crippen LogP contribution is 2.37. The maximum atomic E-state index is 12.7. The molecule has 0 unspecified atom stereocenters. The zero-order valence-electron chi connectivity index (χ0n) is 17.6. The first-order valence-corrected chi connectivity index (χ1v) is 10.0. The van der Waals surface area contributed by atoms with Crippen molar-refractivity contribution in [2.24, 2.45) is 0 Å². The minimum atomic E-state index is -0.457. The average molecular weight is 404 g/mol. The van der Waals surface area contributed by atoms with Crippen molar-refractivity contribution in [1.29, 1.82) is 0 Å². The second kappa shape index (κ2) is 9.44. The van der Waals surface area contributed by atoms with E-state index in [9.17, 15) is 4.79 Å². The van der Waals surface area contributed by atoms with Crippen LogP contribution in [0.2, 0.25) is 5.02 Å². The smallest absolute Gasteiger partial charge is 0.343 e. The van der Waals surface area contributed by atoms with E-state index in [0.717, 1.165) is 24.2 Å². The number of hydrogen-bond acceptors (Lipinski definition) is 4. The zero-order chi connectivity index (χ0) is 20.9. The molecule has 4 nitrogen and oxygen atoms in total. The van der Waals surface area contributed by atoms with E-state index in [1.165, 1.54) is 0 Å². The predicted octanol–water partition coefficient (Wildman–Crippen LogP) is 5.84. The largest absolute Gasteiger partial charge is 0.474 e. The van der Waals surface area contributed by atoms with Crippen molar-refractivity contribution in [3.63, 3.8) is 0 Å². The summed E-state index contributed by atoms with van der Waals surface area (Å²) in [4.78, 5) is 14.8. The molecule has 0 radical (unpaired) electrons. The standard InChI is InChI=1S/C23H30ClNO3/c1-7-25(8-2)15-27-20-14-18(23(4,5)6)12-16(3)21(20)28-22(26)17-10-9-11-19(24)13-17/h9-14H,7-8,15H2,1-6H3. The quantitative estimate of drug-likeness (QED) is 0.330. The van der Waals surface area contributed by atoms with Crippen molar-refractivity contribution in [3.05, 3.63) is 58.1 Å². The van der Waals surface area contributed by atoms with Crippen molar-refractivity contribution < 1.29 is 14.3 Å². The SMILES string of the molecule is CCN(CC)COc1cc(C(C)(C)C)cc(C)c1OC(=O)c1cccc(Cl)c1. The molecular weight excluding hydrogens is 374 g/mol. The highest BCUT2D eigenvalue weighted by atomic mass is 35.5. The summed E-state index contributed by atoms with van der Waals surface area (Å²) < 4.78 is 11.8. The van der Waals surface area contributed by atoms with Gasteiger partial charge in [-0.15, -0.1) is 0 Å². The van der Waals surface area contributed by atoms with Gasteiger partial charge in [0, 0.05) is 5.02 Å². The maximum Gasteiger partial charge on any atom is 0.343 e. The highest BCUT2D eigenvalue weighted by Gasteiger charge is 2.22. The highest BCUT2D eigenvalue weighted by molar-refractivity contribution is 6.30. The second-order valence-electron chi connectivity index (χ2n) is 7.85. The summed E-state index contributed by atoms with van der Waals surface area (Å²) in [6.07, 6.45) is 0. The number of hydrogen-bond donors (Lipinski definition) is 0. The van der Waals surface area contributed by atoms with Crippen LogP contribution in [-0.4, -0.2) is 30.7 Å².